The molecule has 2 nitrogen and oxygen atoms in total. The second-order valence-corrected chi connectivity index (χ2v) is 1.88. The van der Waals surface area contributed by atoms with Gasteiger partial charge >= 0.3 is 5.97 Å². The number of halogens is 1. The van der Waals surface area contributed by atoms with Gasteiger partial charge in [0.25, 0.3) is 0 Å². The Morgan fingerprint density at radius 1 is 1.78 bits per heavy atom. The van der Waals surface area contributed by atoms with Crippen LogP contribution in [0.4, 0.5) is 4.39 Å². The van der Waals surface area contributed by atoms with E-state index < -0.39 is 12.8 Å². The second kappa shape index (κ2) is 4.30. The van der Waals surface area contributed by atoms with E-state index in [0.717, 1.165) is 0 Å². The molecule has 0 rings (SSSR count). The van der Waals surface area contributed by atoms with Crippen LogP contribution in [0.3, 0.4) is 0 Å². The normalized spacial score (nSPS) is 12.8. The predicted molar refractivity (Wildman–Crippen MR) is 31.5 cm³/mol. The van der Waals surface area contributed by atoms with E-state index in [1.807, 2.05) is 6.92 Å². The lowest BCUT2D eigenvalue weighted by molar-refractivity contribution is -0.152. The molecule has 3 heteroatoms. The summed E-state index contributed by atoms with van der Waals surface area (Å²) in [5.74, 6) is -0.638. The first-order valence-electron chi connectivity index (χ1n) is 2.95. The molecule has 0 saturated carbocycles. The topological polar surface area (TPSA) is 26.3 Å². The molecule has 0 bridgehead atoms. The minimum absolute atomic E-state index is 0.180. The fourth-order valence-electron chi connectivity index (χ4n) is 0.363. The molecule has 0 amide bonds. The summed E-state index contributed by atoms with van der Waals surface area (Å²) in [6, 6.07) is 0. The minimum Gasteiger partial charge on any atom is -0.434 e. The van der Waals surface area contributed by atoms with Crippen molar-refractivity contribution in [3.8, 4) is 0 Å². The molecule has 0 aliphatic rings. The lowest BCUT2D eigenvalue weighted by atomic mass is 10.1. The van der Waals surface area contributed by atoms with Gasteiger partial charge in [-0.15, -0.1) is 0 Å². The first-order valence-corrected chi connectivity index (χ1v) is 2.95. The molecule has 0 aromatic carbocycles. The third-order valence-corrected chi connectivity index (χ3v) is 1.21. The first kappa shape index (κ1) is 8.40. The Kier molecular flexibility index (Phi) is 4.01. The number of hydrogen-bond donors (Lipinski definition) is 0. The molecule has 1 atom stereocenters. The predicted octanol–water partition coefficient (Wildman–Crippen LogP) is 1.50. The highest BCUT2D eigenvalue weighted by Gasteiger charge is 2.10. The Bertz CT molecular complexity index is 93.1. The maximum Gasteiger partial charge on any atom is 0.310 e. The number of esters is 1. The summed E-state index contributed by atoms with van der Waals surface area (Å²) in [5, 5.41) is 0. The molecule has 0 spiro atoms. The molecule has 0 aliphatic heterocycles. The molecule has 0 aromatic rings. The molecule has 0 aliphatic carbocycles. The summed E-state index contributed by atoms with van der Waals surface area (Å²) in [7, 11) is 0. The van der Waals surface area contributed by atoms with Crippen LogP contribution < -0.4 is 0 Å². The molecule has 0 fully saturated rings. The van der Waals surface area contributed by atoms with Gasteiger partial charge < -0.3 is 4.74 Å². The lowest BCUT2D eigenvalue weighted by Crippen LogP contribution is -2.12. The first-order chi connectivity index (χ1) is 4.22. The summed E-state index contributed by atoms with van der Waals surface area (Å²) >= 11 is 0. The van der Waals surface area contributed by atoms with Gasteiger partial charge in [0, 0.05) is 0 Å². The number of rotatable bonds is 3. The standard InChI is InChI=1S/C6H11FO2/c1-3-5(2)6(8)9-4-7/h5H,3-4H2,1-2H3. The molecular formula is C6H11FO2. The third kappa shape index (κ3) is 3.06. The molecule has 0 aromatic heterocycles. The number of alkyl halides is 1. The average molecular weight is 134 g/mol. The van der Waals surface area contributed by atoms with Crippen LogP contribution in [0.1, 0.15) is 20.3 Å². The smallest absolute Gasteiger partial charge is 0.310 e. The molecule has 0 N–H and O–H groups in total. The van der Waals surface area contributed by atoms with Crippen LogP contribution in [0.15, 0.2) is 0 Å². The van der Waals surface area contributed by atoms with Crippen LogP contribution in [0.5, 0.6) is 0 Å². The number of carbonyl (C=O) groups excluding carboxylic acids is 1. The van der Waals surface area contributed by atoms with Crippen molar-refractivity contribution >= 4 is 5.97 Å². The second-order valence-electron chi connectivity index (χ2n) is 1.88. The minimum atomic E-state index is -1.01. The van der Waals surface area contributed by atoms with Crippen molar-refractivity contribution in [2.75, 3.05) is 6.86 Å². The fourth-order valence-corrected chi connectivity index (χ4v) is 0.363. The molecule has 0 heterocycles. The third-order valence-electron chi connectivity index (χ3n) is 1.21. The average Bonchev–Trinajstić information content (AvgIpc) is 1.87. The van der Waals surface area contributed by atoms with E-state index in [4.69, 9.17) is 0 Å². The van der Waals surface area contributed by atoms with E-state index in [-0.39, 0.29) is 5.92 Å². The van der Waals surface area contributed by atoms with Gasteiger partial charge in [-0.3, -0.25) is 4.79 Å². The molecular weight excluding hydrogens is 123 g/mol. The lowest BCUT2D eigenvalue weighted by Gasteiger charge is -2.04. The maximum atomic E-state index is 11.3. The van der Waals surface area contributed by atoms with E-state index in [1.165, 1.54) is 0 Å². The van der Waals surface area contributed by atoms with Crippen molar-refractivity contribution in [1.82, 2.24) is 0 Å². The van der Waals surface area contributed by atoms with Gasteiger partial charge in [-0.25, -0.2) is 4.39 Å². The Hall–Kier alpha value is -0.600. The molecule has 54 valence electrons. The zero-order valence-electron chi connectivity index (χ0n) is 5.69. The molecule has 9 heavy (non-hydrogen) atoms. The zero-order valence-corrected chi connectivity index (χ0v) is 5.69. The summed E-state index contributed by atoms with van der Waals surface area (Å²) in [6.45, 7) is 2.55. The van der Waals surface area contributed by atoms with Crippen molar-refractivity contribution in [3.63, 3.8) is 0 Å². The molecule has 0 radical (unpaired) electrons. The highest BCUT2D eigenvalue weighted by atomic mass is 19.1. The van der Waals surface area contributed by atoms with Gasteiger partial charge in [-0.05, 0) is 6.42 Å². The maximum absolute atomic E-state index is 11.3. The quantitative estimate of drug-likeness (QED) is 0.547. The number of ether oxygens (including phenoxy) is 1. The van der Waals surface area contributed by atoms with E-state index in [0.29, 0.717) is 6.42 Å². The Labute approximate surface area is 54.0 Å². The SMILES string of the molecule is CCC(C)C(=O)OCF. The number of carbonyl (C=O) groups is 1. The Morgan fingerprint density at radius 3 is 2.67 bits per heavy atom. The molecule has 1 unspecified atom stereocenters. The van der Waals surface area contributed by atoms with Crippen LogP contribution in [-0.4, -0.2) is 12.8 Å². The summed E-state index contributed by atoms with van der Waals surface area (Å²) < 4.78 is 15.4. The largest absolute Gasteiger partial charge is 0.434 e. The van der Waals surface area contributed by atoms with Gasteiger partial charge in [0.2, 0.25) is 6.86 Å². The van der Waals surface area contributed by atoms with Crippen molar-refractivity contribution in [2.24, 2.45) is 5.92 Å². The summed E-state index contributed by atoms with van der Waals surface area (Å²) in [4.78, 5) is 10.5. The summed E-state index contributed by atoms with van der Waals surface area (Å²) in [5.41, 5.74) is 0. The van der Waals surface area contributed by atoms with Crippen LogP contribution in [0.2, 0.25) is 0 Å². The Balaban J connectivity index is 3.46. The van der Waals surface area contributed by atoms with Crippen molar-refractivity contribution in [2.45, 2.75) is 20.3 Å². The van der Waals surface area contributed by atoms with E-state index in [9.17, 15) is 9.18 Å². The summed E-state index contributed by atoms with van der Waals surface area (Å²) in [6.07, 6.45) is 0.693. The highest BCUT2D eigenvalue weighted by Crippen LogP contribution is 2.02. The molecule has 0 saturated heterocycles. The van der Waals surface area contributed by atoms with Gasteiger partial charge in [0.15, 0.2) is 0 Å². The highest BCUT2D eigenvalue weighted by molar-refractivity contribution is 5.71. The van der Waals surface area contributed by atoms with Crippen LogP contribution in [-0.2, 0) is 9.53 Å². The monoisotopic (exact) mass is 134 g/mol. The van der Waals surface area contributed by atoms with Gasteiger partial charge in [-0.1, -0.05) is 13.8 Å². The zero-order chi connectivity index (χ0) is 7.28. The van der Waals surface area contributed by atoms with E-state index in [2.05, 4.69) is 4.74 Å². The van der Waals surface area contributed by atoms with Crippen LogP contribution in [0, 0.1) is 5.92 Å². The Morgan fingerprint density at radius 2 is 2.33 bits per heavy atom. The van der Waals surface area contributed by atoms with Crippen molar-refractivity contribution in [3.05, 3.63) is 0 Å². The van der Waals surface area contributed by atoms with E-state index >= 15 is 0 Å². The van der Waals surface area contributed by atoms with Gasteiger partial charge in [-0.2, -0.15) is 0 Å². The van der Waals surface area contributed by atoms with Gasteiger partial charge in [0.05, 0.1) is 5.92 Å². The van der Waals surface area contributed by atoms with Crippen LogP contribution >= 0.6 is 0 Å². The fraction of sp³-hybridized carbons (Fsp3) is 0.833. The van der Waals surface area contributed by atoms with Crippen LogP contribution in [0.25, 0.3) is 0 Å². The van der Waals surface area contributed by atoms with Gasteiger partial charge in [0.1, 0.15) is 0 Å². The number of hydrogen-bond acceptors (Lipinski definition) is 2. The van der Waals surface area contributed by atoms with Crippen molar-refractivity contribution in [1.29, 1.82) is 0 Å². The van der Waals surface area contributed by atoms with Crippen molar-refractivity contribution < 1.29 is 13.9 Å². The van der Waals surface area contributed by atoms with E-state index in [1.54, 1.807) is 6.92 Å².